The van der Waals surface area contributed by atoms with Crippen molar-refractivity contribution in [1.82, 2.24) is 0 Å². The van der Waals surface area contributed by atoms with Crippen LogP contribution in [0.2, 0.25) is 0 Å². The average molecular weight is 130 g/mol. The number of hydrogen-bond acceptors (Lipinski definition) is 1. The molecule has 0 aliphatic carbocycles. The molecule has 0 aromatic rings. The SMILES string of the molecule is C/C(=C/C(C)C)CS. The fourth-order valence-corrected chi connectivity index (χ4v) is 0.727. The van der Waals surface area contributed by atoms with Crippen LogP contribution in [-0.2, 0) is 0 Å². The van der Waals surface area contributed by atoms with Crippen LogP contribution in [0.4, 0.5) is 0 Å². The van der Waals surface area contributed by atoms with Crippen LogP contribution in [0.5, 0.6) is 0 Å². The van der Waals surface area contributed by atoms with Gasteiger partial charge in [0.25, 0.3) is 0 Å². The molecule has 1 heteroatoms. The van der Waals surface area contributed by atoms with Crippen molar-refractivity contribution >= 4 is 12.6 Å². The quantitative estimate of drug-likeness (QED) is 0.431. The minimum Gasteiger partial charge on any atom is -0.175 e. The molecule has 0 saturated heterocycles. The van der Waals surface area contributed by atoms with Crippen molar-refractivity contribution in [1.29, 1.82) is 0 Å². The highest BCUT2D eigenvalue weighted by Crippen LogP contribution is 2.01. The second-order valence-corrected chi connectivity index (χ2v) is 2.73. The highest BCUT2D eigenvalue weighted by atomic mass is 32.1. The molecule has 0 fully saturated rings. The summed E-state index contributed by atoms with van der Waals surface area (Å²) in [4.78, 5) is 0. The number of rotatable bonds is 2. The molecule has 0 N–H and O–H groups in total. The van der Waals surface area contributed by atoms with E-state index in [-0.39, 0.29) is 0 Å². The Morgan fingerprint density at radius 2 is 2.12 bits per heavy atom. The van der Waals surface area contributed by atoms with Gasteiger partial charge in [0, 0.05) is 5.75 Å². The first-order valence-corrected chi connectivity index (χ1v) is 3.58. The van der Waals surface area contributed by atoms with Gasteiger partial charge in [-0.25, -0.2) is 0 Å². The van der Waals surface area contributed by atoms with Crippen molar-refractivity contribution in [3.05, 3.63) is 11.6 Å². The predicted molar refractivity (Wildman–Crippen MR) is 42.4 cm³/mol. The van der Waals surface area contributed by atoms with Crippen LogP contribution < -0.4 is 0 Å². The van der Waals surface area contributed by atoms with Gasteiger partial charge >= 0.3 is 0 Å². The zero-order valence-corrected chi connectivity index (χ0v) is 6.70. The molecule has 0 aromatic heterocycles. The fourth-order valence-electron chi connectivity index (χ4n) is 0.622. The first-order valence-electron chi connectivity index (χ1n) is 2.95. The minimum atomic E-state index is 0.669. The Bertz CT molecular complexity index is 82.4. The van der Waals surface area contributed by atoms with Gasteiger partial charge in [0.2, 0.25) is 0 Å². The van der Waals surface area contributed by atoms with Crippen LogP contribution in [0.25, 0.3) is 0 Å². The summed E-state index contributed by atoms with van der Waals surface area (Å²) < 4.78 is 0. The van der Waals surface area contributed by atoms with E-state index in [0.29, 0.717) is 5.92 Å². The molecule has 0 unspecified atom stereocenters. The molecular formula is C7H14S. The summed E-state index contributed by atoms with van der Waals surface area (Å²) in [5.74, 6) is 1.56. The Kier molecular flexibility index (Phi) is 4.06. The lowest BCUT2D eigenvalue weighted by molar-refractivity contribution is 0.822. The second kappa shape index (κ2) is 4.02. The Balaban J connectivity index is 3.56. The Labute approximate surface area is 57.4 Å². The average Bonchev–Trinajstić information content (AvgIpc) is 1.65. The summed E-state index contributed by atoms with van der Waals surface area (Å²) >= 11 is 4.12. The topological polar surface area (TPSA) is 0 Å². The van der Waals surface area contributed by atoms with Gasteiger partial charge in [-0.05, 0) is 12.8 Å². The molecule has 0 aromatic carbocycles. The molecule has 0 aliphatic heterocycles. The molecule has 0 heterocycles. The van der Waals surface area contributed by atoms with Crippen molar-refractivity contribution < 1.29 is 0 Å². The second-order valence-electron chi connectivity index (χ2n) is 2.42. The lowest BCUT2D eigenvalue weighted by atomic mass is 10.1. The van der Waals surface area contributed by atoms with Gasteiger partial charge in [0.1, 0.15) is 0 Å². The maximum atomic E-state index is 4.12. The highest BCUT2D eigenvalue weighted by molar-refractivity contribution is 7.80. The summed E-state index contributed by atoms with van der Waals surface area (Å²) in [6.45, 7) is 6.45. The number of allylic oxidation sites excluding steroid dienone is 1. The van der Waals surface area contributed by atoms with Crippen LogP contribution in [0.3, 0.4) is 0 Å². The largest absolute Gasteiger partial charge is 0.175 e. The van der Waals surface area contributed by atoms with Crippen molar-refractivity contribution in [2.75, 3.05) is 5.75 Å². The van der Waals surface area contributed by atoms with E-state index in [0.717, 1.165) is 5.75 Å². The van der Waals surface area contributed by atoms with Crippen molar-refractivity contribution in [2.45, 2.75) is 20.8 Å². The summed E-state index contributed by atoms with van der Waals surface area (Å²) in [6.07, 6.45) is 2.23. The molecule has 0 spiro atoms. The number of thiol groups is 1. The van der Waals surface area contributed by atoms with Gasteiger partial charge in [-0.3, -0.25) is 0 Å². The molecule has 8 heavy (non-hydrogen) atoms. The molecule has 0 rings (SSSR count). The zero-order chi connectivity index (χ0) is 6.57. The Morgan fingerprint density at radius 1 is 1.62 bits per heavy atom. The molecule has 0 saturated carbocycles. The number of hydrogen-bond donors (Lipinski definition) is 1. The van der Waals surface area contributed by atoms with Crippen molar-refractivity contribution in [3.8, 4) is 0 Å². The molecule has 0 radical (unpaired) electrons. The molecule has 0 bridgehead atoms. The third-order valence-electron chi connectivity index (χ3n) is 0.867. The normalized spacial score (nSPS) is 12.9. The third-order valence-corrected chi connectivity index (χ3v) is 1.37. The van der Waals surface area contributed by atoms with E-state index in [1.165, 1.54) is 5.57 Å². The molecular weight excluding hydrogens is 116 g/mol. The standard InChI is InChI=1S/C7H14S/c1-6(2)4-7(3)5-8/h4,6,8H,5H2,1-3H3/b7-4-. The first-order chi connectivity index (χ1) is 3.66. The van der Waals surface area contributed by atoms with E-state index < -0.39 is 0 Å². The van der Waals surface area contributed by atoms with E-state index in [1.54, 1.807) is 0 Å². The van der Waals surface area contributed by atoms with Gasteiger partial charge in [-0.15, -0.1) is 0 Å². The van der Waals surface area contributed by atoms with Gasteiger partial charge in [0.15, 0.2) is 0 Å². The van der Waals surface area contributed by atoms with Crippen molar-refractivity contribution in [3.63, 3.8) is 0 Å². The molecule has 0 nitrogen and oxygen atoms in total. The minimum absolute atomic E-state index is 0.669. The van der Waals surface area contributed by atoms with E-state index >= 15 is 0 Å². The fraction of sp³-hybridized carbons (Fsp3) is 0.714. The lowest BCUT2D eigenvalue weighted by Crippen LogP contribution is -1.83. The van der Waals surface area contributed by atoms with Crippen LogP contribution in [-0.4, -0.2) is 5.75 Å². The Hall–Kier alpha value is 0.0900. The van der Waals surface area contributed by atoms with E-state index in [9.17, 15) is 0 Å². The van der Waals surface area contributed by atoms with E-state index in [1.807, 2.05) is 0 Å². The molecule has 0 aliphatic rings. The first kappa shape index (κ1) is 8.09. The van der Waals surface area contributed by atoms with Crippen LogP contribution >= 0.6 is 12.6 Å². The van der Waals surface area contributed by atoms with Gasteiger partial charge in [0.05, 0.1) is 0 Å². The smallest absolute Gasteiger partial charge is 0.0110 e. The van der Waals surface area contributed by atoms with Gasteiger partial charge in [-0.1, -0.05) is 25.5 Å². The lowest BCUT2D eigenvalue weighted by Gasteiger charge is -1.96. The summed E-state index contributed by atoms with van der Waals surface area (Å²) in [7, 11) is 0. The molecule has 48 valence electrons. The maximum absolute atomic E-state index is 4.12. The van der Waals surface area contributed by atoms with E-state index in [2.05, 4.69) is 39.5 Å². The van der Waals surface area contributed by atoms with Gasteiger partial charge < -0.3 is 0 Å². The van der Waals surface area contributed by atoms with Crippen LogP contribution in [0.15, 0.2) is 11.6 Å². The maximum Gasteiger partial charge on any atom is 0.0110 e. The van der Waals surface area contributed by atoms with Gasteiger partial charge in [-0.2, -0.15) is 12.6 Å². The van der Waals surface area contributed by atoms with E-state index in [4.69, 9.17) is 0 Å². The Morgan fingerprint density at radius 3 is 2.25 bits per heavy atom. The molecule has 0 atom stereocenters. The summed E-state index contributed by atoms with van der Waals surface area (Å²) in [5.41, 5.74) is 1.36. The predicted octanol–water partition coefficient (Wildman–Crippen LogP) is 2.52. The summed E-state index contributed by atoms with van der Waals surface area (Å²) in [6, 6.07) is 0. The van der Waals surface area contributed by atoms with Crippen molar-refractivity contribution in [2.24, 2.45) is 5.92 Å². The highest BCUT2D eigenvalue weighted by Gasteiger charge is 1.86. The zero-order valence-electron chi connectivity index (χ0n) is 5.81. The van der Waals surface area contributed by atoms with Crippen LogP contribution in [0, 0.1) is 5.92 Å². The third kappa shape index (κ3) is 4.25. The van der Waals surface area contributed by atoms with Crippen LogP contribution in [0.1, 0.15) is 20.8 Å². The molecule has 0 amide bonds. The monoisotopic (exact) mass is 130 g/mol. The summed E-state index contributed by atoms with van der Waals surface area (Å²) in [5, 5.41) is 0.